The number of aromatic nitrogens is 2. The van der Waals surface area contributed by atoms with Crippen molar-refractivity contribution in [3.05, 3.63) is 18.5 Å². The highest BCUT2D eigenvalue weighted by atomic mass is 16.5. The number of hydrogen-bond acceptors (Lipinski definition) is 5. The molecule has 1 fully saturated rings. The molecule has 0 radical (unpaired) electrons. The SMILES string of the molecule is CCOC(=O)[C@@H]1CCCN(C[C@H](O)Cn2cccn2)C1. The highest BCUT2D eigenvalue weighted by Gasteiger charge is 2.27. The zero-order chi connectivity index (χ0) is 14.4. The van der Waals surface area contributed by atoms with E-state index in [0.717, 1.165) is 19.4 Å². The lowest BCUT2D eigenvalue weighted by Crippen LogP contribution is -2.43. The molecule has 0 aromatic carbocycles. The lowest BCUT2D eigenvalue weighted by atomic mass is 9.98. The van der Waals surface area contributed by atoms with Crippen LogP contribution in [0.25, 0.3) is 0 Å². The van der Waals surface area contributed by atoms with Gasteiger partial charge in [0.05, 0.1) is 25.2 Å². The van der Waals surface area contributed by atoms with Crippen LogP contribution in [0.1, 0.15) is 19.8 Å². The summed E-state index contributed by atoms with van der Waals surface area (Å²) in [7, 11) is 0. The molecule has 1 N–H and O–H groups in total. The summed E-state index contributed by atoms with van der Waals surface area (Å²) >= 11 is 0. The van der Waals surface area contributed by atoms with Gasteiger partial charge in [0.25, 0.3) is 0 Å². The summed E-state index contributed by atoms with van der Waals surface area (Å²) < 4.78 is 6.80. The van der Waals surface area contributed by atoms with Crippen molar-refractivity contribution in [1.82, 2.24) is 14.7 Å². The highest BCUT2D eigenvalue weighted by Crippen LogP contribution is 2.18. The number of nitrogens with zero attached hydrogens (tertiary/aromatic N) is 3. The minimum Gasteiger partial charge on any atom is -0.466 e. The van der Waals surface area contributed by atoms with Crippen LogP contribution in [0, 0.1) is 5.92 Å². The Hall–Kier alpha value is -1.40. The van der Waals surface area contributed by atoms with Crippen molar-refractivity contribution >= 4 is 5.97 Å². The Morgan fingerprint density at radius 3 is 3.10 bits per heavy atom. The molecule has 0 amide bonds. The lowest BCUT2D eigenvalue weighted by Gasteiger charge is -2.32. The molecular formula is C14H23N3O3. The van der Waals surface area contributed by atoms with Gasteiger partial charge in [0, 0.05) is 25.5 Å². The first-order valence-corrected chi connectivity index (χ1v) is 7.23. The summed E-state index contributed by atoms with van der Waals surface area (Å²) in [6, 6.07) is 1.84. The van der Waals surface area contributed by atoms with Crippen LogP contribution in [0.5, 0.6) is 0 Å². The maximum atomic E-state index is 11.8. The number of piperidine rings is 1. The molecule has 6 heteroatoms. The summed E-state index contributed by atoms with van der Waals surface area (Å²) in [6.45, 7) is 4.90. The second-order valence-corrected chi connectivity index (χ2v) is 5.23. The third-order valence-electron chi connectivity index (χ3n) is 3.55. The number of ether oxygens (including phenoxy) is 1. The fourth-order valence-corrected chi connectivity index (χ4v) is 2.65. The van der Waals surface area contributed by atoms with E-state index in [4.69, 9.17) is 4.74 Å². The summed E-state index contributed by atoms with van der Waals surface area (Å²) in [6.07, 6.45) is 4.91. The summed E-state index contributed by atoms with van der Waals surface area (Å²) in [5.74, 6) is -0.167. The fraction of sp³-hybridized carbons (Fsp3) is 0.714. The maximum absolute atomic E-state index is 11.8. The predicted octanol–water partition coefficient (Wildman–Crippen LogP) is 0.519. The average Bonchev–Trinajstić information content (AvgIpc) is 2.92. The minimum absolute atomic E-state index is 0.0550. The van der Waals surface area contributed by atoms with Crippen LogP contribution in [0.4, 0.5) is 0 Å². The number of aliphatic hydroxyl groups excluding tert-OH is 1. The van der Waals surface area contributed by atoms with E-state index >= 15 is 0 Å². The minimum atomic E-state index is -0.476. The topological polar surface area (TPSA) is 67.6 Å². The van der Waals surface area contributed by atoms with Crippen LogP contribution < -0.4 is 0 Å². The largest absolute Gasteiger partial charge is 0.466 e. The average molecular weight is 281 g/mol. The second-order valence-electron chi connectivity index (χ2n) is 5.23. The zero-order valence-corrected chi connectivity index (χ0v) is 11.9. The van der Waals surface area contributed by atoms with Crippen LogP contribution in [-0.2, 0) is 16.1 Å². The molecule has 112 valence electrons. The molecule has 2 rings (SSSR count). The number of carbonyl (C=O) groups excluding carboxylic acids is 1. The first-order valence-electron chi connectivity index (χ1n) is 7.23. The van der Waals surface area contributed by atoms with E-state index in [-0.39, 0.29) is 11.9 Å². The molecule has 1 aromatic heterocycles. The van der Waals surface area contributed by atoms with Crippen molar-refractivity contribution in [3.63, 3.8) is 0 Å². The first-order chi connectivity index (χ1) is 9.69. The van der Waals surface area contributed by atoms with Gasteiger partial charge in [-0.05, 0) is 32.4 Å². The molecule has 1 saturated heterocycles. The van der Waals surface area contributed by atoms with Crippen LogP contribution in [0.15, 0.2) is 18.5 Å². The Bertz CT molecular complexity index is 408. The normalized spacial score (nSPS) is 21.6. The highest BCUT2D eigenvalue weighted by molar-refractivity contribution is 5.72. The van der Waals surface area contributed by atoms with E-state index in [2.05, 4.69) is 10.00 Å². The third-order valence-corrected chi connectivity index (χ3v) is 3.55. The Kier molecular flexibility index (Phi) is 5.55. The van der Waals surface area contributed by atoms with Gasteiger partial charge in [-0.1, -0.05) is 0 Å². The number of likely N-dealkylation sites (tertiary alicyclic amines) is 1. The van der Waals surface area contributed by atoms with E-state index in [0.29, 0.717) is 26.2 Å². The Labute approximate surface area is 119 Å². The molecule has 6 nitrogen and oxygen atoms in total. The molecule has 2 heterocycles. The molecule has 1 aromatic rings. The Balaban J connectivity index is 1.78. The fourth-order valence-electron chi connectivity index (χ4n) is 2.65. The predicted molar refractivity (Wildman–Crippen MR) is 74.0 cm³/mol. The van der Waals surface area contributed by atoms with E-state index in [1.165, 1.54) is 0 Å². The lowest BCUT2D eigenvalue weighted by molar-refractivity contribution is -0.150. The van der Waals surface area contributed by atoms with Gasteiger partial charge in [-0.15, -0.1) is 0 Å². The van der Waals surface area contributed by atoms with Crippen molar-refractivity contribution in [3.8, 4) is 0 Å². The molecule has 0 spiro atoms. The number of β-amino-alcohol motifs (C(OH)–C–C–N with tert-alkyl or cyclic N) is 1. The summed E-state index contributed by atoms with van der Waals surface area (Å²) in [4.78, 5) is 13.9. The number of rotatable bonds is 6. The van der Waals surface area contributed by atoms with Gasteiger partial charge in [-0.3, -0.25) is 14.4 Å². The first kappa shape index (κ1) is 15.0. The van der Waals surface area contributed by atoms with E-state index in [9.17, 15) is 9.90 Å². The van der Waals surface area contributed by atoms with Crippen molar-refractivity contribution in [2.24, 2.45) is 5.92 Å². The summed E-state index contributed by atoms with van der Waals surface area (Å²) in [5.41, 5.74) is 0. The van der Waals surface area contributed by atoms with Gasteiger partial charge in [0.2, 0.25) is 0 Å². The zero-order valence-electron chi connectivity index (χ0n) is 11.9. The van der Waals surface area contributed by atoms with Crippen molar-refractivity contribution in [1.29, 1.82) is 0 Å². The van der Waals surface area contributed by atoms with Gasteiger partial charge in [0.15, 0.2) is 0 Å². The number of hydrogen-bond donors (Lipinski definition) is 1. The van der Waals surface area contributed by atoms with Crippen molar-refractivity contribution in [2.75, 3.05) is 26.2 Å². The summed E-state index contributed by atoms with van der Waals surface area (Å²) in [5, 5.41) is 14.2. The third kappa shape index (κ3) is 4.31. The molecule has 0 unspecified atom stereocenters. The number of esters is 1. The maximum Gasteiger partial charge on any atom is 0.310 e. The molecular weight excluding hydrogens is 258 g/mol. The van der Waals surface area contributed by atoms with Gasteiger partial charge in [-0.2, -0.15) is 5.10 Å². The monoisotopic (exact) mass is 281 g/mol. The molecule has 1 aliphatic rings. The van der Waals surface area contributed by atoms with Gasteiger partial charge in [0.1, 0.15) is 0 Å². The standard InChI is InChI=1S/C14H23N3O3/c1-2-20-14(19)12-5-3-7-16(9-12)10-13(18)11-17-8-4-6-15-17/h4,6,8,12-13,18H,2-3,5,7,9-11H2,1H3/t12-,13+/m1/s1. The molecule has 0 saturated carbocycles. The Morgan fingerprint density at radius 2 is 2.40 bits per heavy atom. The van der Waals surface area contributed by atoms with Gasteiger partial charge >= 0.3 is 5.97 Å². The van der Waals surface area contributed by atoms with Crippen LogP contribution in [0.3, 0.4) is 0 Å². The Morgan fingerprint density at radius 1 is 1.55 bits per heavy atom. The van der Waals surface area contributed by atoms with Crippen molar-refractivity contribution in [2.45, 2.75) is 32.4 Å². The van der Waals surface area contributed by atoms with E-state index in [1.54, 1.807) is 10.9 Å². The molecule has 0 bridgehead atoms. The van der Waals surface area contributed by atoms with Crippen molar-refractivity contribution < 1.29 is 14.6 Å². The molecule has 20 heavy (non-hydrogen) atoms. The van der Waals surface area contributed by atoms with Gasteiger partial charge < -0.3 is 9.84 Å². The van der Waals surface area contributed by atoms with E-state index < -0.39 is 6.10 Å². The second kappa shape index (κ2) is 7.40. The quantitative estimate of drug-likeness (QED) is 0.770. The smallest absolute Gasteiger partial charge is 0.310 e. The van der Waals surface area contributed by atoms with Crippen LogP contribution in [-0.4, -0.2) is 58.1 Å². The molecule has 0 aliphatic carbocycles. The molecule has 2 atom stereocenters. The number of aliphatic hydroxyl groups is 1. The van der Waals surface area contributed by atoms with Crippen LogP contribution in [0.2, 0.25) is 0 Å². The molecule has 1 aliphatic heterocycles. The van der Waals surface area contributed by atoms with Crippen LogP contribution >= 0.6 is 0 Å². The van der Waals surface area contributed by atoms with E-state index in [1.807, 2.05) is 19.2 Å². The number of carbonyl (C=O) groups is 1. The van der Waals surface area contributed by atoms with Gasteiger partial charge in [-0.25, -0.2) is 0 Å².